The second-order valence-electron chi connectivity index (χ2n) is 7.10. The molecule has 12 nitrogen and oxygen atoms in total. The number of carboxylic acids is 1. The van der Waals surface area contributed by atoms with Gasteiger partial charge in [0.25, 0.3) is 5.91 Å². The number of rotatable bonds is 7. The lowest BCUT2D eigenvalue weighted by atomic mass is 10.0. The maximum Gasteiger partial charge on any atom is 0.352 e. The zero-order chi connectivity index (χ0) is 23.0. The Morgan fingerprint density at radius 2 is 2.22 bits per heavy atom. The van der Waals surface area contributed by atoms with Gasteiger partial charge in [0, 0.05) is 18.6 Å². The summed E-state index contributed by atoms with van der Waals surface area (Å²) in [6.45, 7) is 0. The standard InChI is InChI=1S/C18H19N7O5S2/c1-24-18(21-22-23-24)32-7-9-6-31-16-12(15(28)25(16)13(9)17(29)30)20-14(27)11(19)8-3-2-4-10(26)5-8/h2-5,11-12,16,26H,6-7,19H2,1H3,(H,20,27)(H,29,30)/t11?,12?,16-/m0/s1. The number of β-lactam (4-membered cyclic amide) rings is 1. The number of amides is 2. The minimum absolute atomic E-state index is 0.0294. The van der Waals surface area contributed by atoms with E-state index in [1.807, 2.05) is 0 Å². The summed E-state index contributed by atoms with van der Waals surface area (Å²) >= 11 is 2.64. The first kappa shape index (κ1) is 22.1. The molecule has 0 saturated carbocycles. The SMILES string of the molecule is Cn1nnnc1SCC1=C(C(=O)O)N2C(=O)C(NC(=O)C(N)c3cccc(O)c3)[C@@H]2SC1. The Hall–Kier alpha value is -3.10. The fourth-order valence-corrected chi connectivity index (χ4v) is 5.74. The molecule has 2 aromatic rings. The Labute approximate surface area is 190 Å². The number of fused-ring (bicyclic) bond motifs is 1. The summed E-state index contributed by atoms with van der Waals surface area (Å²) in [6, 6.07) is 4.01. The number of aryl methyl sites for hydroxylation is 1. The van der Waals surface area contributed by atoms with Crippen LogP contribution in [0.15, 0.2) is 40.7 Å². The van der Waals surface area contributed by atoms with Gasteiger partial charge in [-0.15, -0.1) is 16.9 Å². The highest BCUT2D eigenvalue weighted by molar-refractivity contribution is 8.01. The van der Waals surface area contributed by atoms with E-state index in [1.165, 1.54) is 45.2 Å². The molecule has 2 aliphatic rings. The topological polar surface area (TPSA) is 177 Å². The molecule has 168 valence electrons. The number of thioether (sulfide) groups is 2. The van der Waals surface area contributed by atoms with Crippen LogP contribution in [0, 0.1) is 0 Å². The zero-order valence-electron chi connectivity index (χ0n) is 16.7. The van der Waals surface area contributed by atoms with Crippen molar-refractivity contribution in [2.24, 2.45) is 12.8 Å². The fourth-order valence-electron chi connectivity index (χ4n) is 3.40. The van der Waals surface area contributed by atoms with Crippen LogP contribution in [-0.2, 0) is 21.4 Å². The van der Waals surface area contributed by atoms with E-state index in [2.05, 4.69) is 20.8 Å². The monoisotopic (exact) mass is 477 g/mol. The molecule has 4 rings (SSSR count). The van der Waals surface area contributed by atoms with Crippen LogP contribution in [0.1, 0.15) is 11.6 Å². The van der Waals surface area contributed by atoms with E-state index in [0.717, 1.165) is 0 Å². The van der Waals surface area contributed by atoms with Crippen molar-refractivity contribution >= 4 is 41.3 Å². The number of aromatic hydroxyl groups is 1. The van der Waals surface area contributed by atoms with Gasteiger partial charge in [0.05, 0.1) is 0 Å². The highest BCUT2D eigenvalue weighted by Crippen LogP contribution is 2.41. The number of hydrogen-bond acceptors (Lipinski definition) is 10. The molecule has 0 spiro atoms. The van der Waals surface area contributed by atoms with Crippen LogP contribution in [0.4, 0.5) is 0 Å². The number of tetrazole rings is 1. The minimum atomic E-state index is -1.21. The Morgan fingerprint density at radius 1 is 1.44 bits per heavy atom. The molecular formula is C18H19N7O5S2. The van der Waals surface area contributed by atoms with Crippen molar-refractivity contribution in [2.75, 3.05) is 11.5 Å². The molecule has 0 bridgehead atoms. The largest absolute Gasteiger partial charge is 0.508 e. The van der Waals surface area contributed by atoms with Crippen molar-refractivity contribution in [3.8, 4) is 5.75 Å². The van der Waals surface area contributed by atoms with Crippen LogP contribution < -0.4 is 11.1 Å². The van der Waals surface area contributed by atoms with Crippen molar-refractivity contribution in [1.29, 1.82) is 0 Å². The lowest BCUT2D eigenvalue weighted by Crippen LogP contribution is -2.71. The van der Waals surface area contributed by atoms with Crippen LogP contribution >= 0.6 is 23.5 Å². The van der Waals surface area contributed by atoms with Gasteiger partial charge in [0.1, 0.15) is 28.9 Å². The fraction of sp³-hybridized carbons (Fsp3) is 0.333. The number of phenols is 1. The number of carbonyl (C=O) groups is 3. The summed E-state index contributed by atoms with van der Waals surface area (Å²) in [7, 11) is 1.67. The van der Waals surface area contributed by atoms with E-state index in [4.69, 9.17) is 5.73 Å². The van der Waals surface area contributed by atoms with Crippen LogP contribution in [0.2, 0.25) is 0 Å². The van der Waals surface area contributed by atoms with Gasteiger partial charge in [0.15, 0.2) is 0 Å². The van der Waals surface area contributed by atoms with Gasteiger partial charge in [-0.3, -0.25) is 14.5 Å². The number of aliphatic carboxylic acids is 1. The quantitative estimate of drug-likeness (QED) is 0.297. The molecule has 2 aliphatic heterocycles. The van der Waals surface area contributed by atoms with Crippen LogP contribution in [0.5, 0.6) is 5.75 Å². The van der Waals surface area contributed by atoms with Gasteiger partial charge < -0.3 is 21.3 Å². The number of carbonyl (C=O) groups excluding carboxylic acids is 2. The Kier molecular flexibility index (Phi) is 6.08. The molecule has 2 amide bonds. The molecule has 1 fully saturated rings. The summed E-state index contributed by atoms with van der Waals surface area (Å²) in [5, 5.41) is 33.0. The number of nitrogens with zero attached hydrogens (tertiary/aromatic N) is 5. The molecule has 14 heteroatoms. The molecule has 0 aliphatic carbocycles. The number of nitrogens with two attached hydrogens (primary N) is 1. The molecule has 1 aromatic carbocycles. The maximum atomic E-state index is 12.8. The average Bonchev–Trinajstić information content (AvgIpc) is 3.18. The molecule has 5 N–H and O–H groups in total. The normalized spacial score (nSPS) is 21.1. The number of aromatic nitrogens is 4. The Bertz CT molecular complexity index is 1120. The molecule has 3 atom stereocenters. The predicted octanol–water partition coefficient (Wildman–Crippen LogP) is -0.554. The lowest BCUT2D eigenvalue weighted by Gasteiger charge is -2.49. The number of carboxylic acid groups (broad SMARTS) is 1. The lowest BCUT2D eigenvalue weighted by molar-refractivity contribution is -0.150. The van der Waals surface area contributed by atoms with Crippen molar-refractivity contribution in [3.05, 3.63) is 41.1 Å². The number of phenolic OH excluding ortho intramolecular Hbond substituents is 1. The summed E-state index contributed by atoms with van der Waals surface area (Å²) in [6.07, 6.45) is 0. The zero-order valence-corrected chi connectivity index (χ0v) is 18.3. The Morgan fingerprint density at radius 3 is 2.88 bits per heavy atom. The summed E-state index contributed by atoms with van der Waals surface area (Å²) in [4.78, 5) is 38.5. The number of benzene rings is 1. The van der Waals surface area contributed by atoms with Crippen LogP contribution in [0.25, 0.3) is 0 Å². The molecule has 32 heavy (non-hydrogen) atoms. The summed E-state index contributed by atoms with van der Waals surface area (Å²) in [5.74, 6) is -1.67. The number of nitrogens with one attached hydrogen (secondary N) is 1. The smallest absolute Gasteiger partial charge is 0.352 e. The van der Waals surface area contributed by atoms with E-state index in [0.29, 0.717) is 27.8 Å². The van der Waals surface area contributed by atoms with Crippen LogP contribution in [-0.4, -0.2) is 76.0 Å². The number of hydrogen-bond donors (Lipinski definition) is 4. The third-order valence-corrected chi connectivity index (χ3v) is 7.45. The van der Waals surface area contributed by atoms with E-state index < -0.39 is 35.2 Å². The van der Waals surface area contributed by atoms with Gasteiger partial charge in [-0.05, 0) is 33.7 Å². The molecule has 3 heterocycles. The molecule has 1 aromatic heterocycles. The van der Waals surface area contributed by atoms with Crippen molar-refractivity contribution in [2.45, 2.75) is 22.6 Å². The summed E-state index contributed by atoms with van der Waals surface area (Å²) < 4.78 is 1.47. The highest BCUT2D eigenvalue weighted by Gasteiger charge is 2.54. The summed E-state index contributed by atoms with van der Waals surface area (Å²) in [5.41, 5.74) is 6.85. The molecular weight excluding hydrogens is 458 g/mol. The van der Waals surface area contributed by atoms with E-state index in [9.17, 15) is 24.6 Å². The average molecular weight is 478 g/mol. The van der Waals surface area contributed by atoms with Gasteiger partial charge in [-0.25, -0.2) is 9.48 Å². The second-order valence-corrected chi connectivity index (χ2v) is 9.15. The molecule has 1 saturated heterocycles. The van der Waals surface area contributed by atoms with Crippen molar-refractivity contribution in [3.63, 3.8) is 0 Å². The van der Waals surface area contributed by atoms with Crippen LogP contribution in [0.3, 0.4) is 0 Å². The first-order valence-corrected chi connectivity index (χ1v) is 11.4. The van der Waals surface area contributed by atoms with E-state index in [-0.39, 0.29) is 11.4 Å². The van der Waals surface area contributed by atoms with E-state index in [1.54, 1.807) is 19.2 Å². The predicted molar refractivity (Wildman–Crippen MR) is 114 cm³/mol. The third-order valence-electron chi connectivity index (χ3n) is 5.02. The van der Waals surface area contributed by atoms with Gasteiger partial charge in [-0.2, -0.15) is 0 Å². The Balaban J connectivity index is 1.46. The van der Waals surface area contributed by atoms with Gasteiger partial charge in [-0.1, -0.05) is 23.9 Å². The van der Waals surface area contributed by atoms with Crippen molar-refractivity contribution in [1.82, 2.24) is 30.4 Å². The first-order chi connectivity index (χ1) is 15.3. The van der Waals surface area contributed by atoms with Gasteiger partial charge >= 0.3 is 5.97 Å². The van der Waals surface area contributed by atoms with Gasteiger partial charge in [0.2, 0.25) is 11.1 Å². The second kappa shape index (κ2) is 8.80. The maximum absolute atomic E-state index is 12.8. The third kappa shape index (κ3) is 4.03. The van der Waals surface area contributed by atoms with Crippen molar-refractivity contribution < 1.29 is 24.6 Å². The molecule has 2 unspecified atom stereocenters. The first-order valence-electron chi connectivity index (χ1n) is 9.38. The van der Waals surface area contributed by atoms with E-state index >= 15 is 0 Å². The highest BCUT2D eigenvalue weighted by atomic mass is 32.2. The molecule has 0 radical (unpaired) electrons. The minimum Gasteiger partial charge on any atom is -0.508 e.